The molecule has 27 heavy (non-hydrogen) atoms. The van der Waals surface area contributed by atoms with Crippen molar-refractivity contribution in [3.8, 4) is 0 Å². The number of rotatable bonds is 8. The van der Waals surface area contributed by atoms with Crippen LogP contribution in [0.25, 0.3) is 0 Å². The van der Waals surface area contributed by atoms with Crippen LogP contribution in [0.4, 0.5) is 0 Å². The zero-order valence-electron chi connectivity index (χ0n) is 16.4. The van der Waals surface area contributed by atoms with Crippen LogP contribution < -0.4 is 10.6 Å². The lowest BCUT2D eigenvalue weighted by atomic mass is 9.97. The number of aliphatic imine (C=N–C) groups is 1. The topological polar surface area (TPSA) is 52.6 Å². The molecule has 0 atom stereocenters. The predicted octanol–water partition coefficient (Wildman–Crippen LogP) is 3.52. The Balaban J connectivity index is 1.39. The van der Waals surface area contributed by atoms with Crippen LogP contribution in [0.15, 0.2) is 27.9 Å². The van der Waals surface area contributed by atoms with E-state index in [1.165, 1.54) is 36.5 Å². The summed E-state index contributed by atoms with van der Waals surface area (Å²) in [5.41, 5.74) is 1.17. The molecule has 0 radical (unpaired) electrons. The maximum absolute atomic E-state index is 4.83. The van der Waals surface area contributed by atoms with E-state index in [1.807, 2.05) is 11.3 Å². The zero-order valence-corrected chi connectivity index (χ0v) is 18.0. The third-order valence-corrected chi connectivity index (χ3v) is 6.54. The first kappa shape index (κ1) is 20.3. The smallest absolute Gasteiger partial charge is 0.191 e. The van der Waals surface area contributed by atoms with Gasteiger partial charge in [-0.3, -0.25) is 9.89 Å². The van der Waals surface area contributed by atoms with Crippen molar-refractivity contribution >= 4 is 28.6 Å². The number of nitrogens with zero attached hydrogens (tertiary/aromatic N) is 3. The molecule has 3 heterocycles. The average Bonchev–Trinajstić information content (AvgIpc) is 3.33. The third kappa shape index (κ3) is 6.90. The van der Waals surface area contributed by atoms with Crippen molar-refractivity contribution < 1.29 is 0 Å². The highest BCUT2D eigenvalue weighted by Gasteiger charge is 2.19. The number of likely N-dealkylation sites (tertiary alicyclic amines) is 1. The summed E-state index contributed by atoms with van der Waals surface area (Å²) >= 11 is 3.58. The fourth-order valence-electron chi connectivity index (χ4n) is 3.34. The van der Waals surface area contributed by atoms with E-state index in [2.05, 4.69) is 57.3 Å². The van der Waals surface area contributed by atoms with E-state index in [-0.39, 0.29) is 0 Å². The second-order valence-electron chi connectivity index (χ2n) is 7.05. The Morgan fingerprint density at radius 2 is 2.15 bits per heavy atom. The highest BCUT2D eigenvalue weighted by molar-refractivity contribution is 7.10. The van der Waals surface area contributed by atoms with Gasteiger partial charge in [-0.1, -0.05) is 6.07 Å². The van der Waals surface area contributed by atoms with Crippen molar-refractivity contribution in [2.75, 3.05) is 32.7 Å². The van der Waals surface area contributed by atoms with Crippen LogP contribution in [0.5, 0.6) is 0 Å². The molecular formula is C20H31N5S2. The van der Waals surface area contributed by atoms with E-state index in [4.69, 9.17) is 4.99 Å². The van der Waals surface area contributed by atoms with Crippen molar-refractivity contribution in [3.63, 3.8) is 0 Å². The lowest BCUT2D eigenvalue weighted by Crippen LogP contribution is -2.39. The van der Waals surface area contributed by atoms with Crippen LogP contribution in [-0.4, -0.2) is 48.6 Å². The number of thiophene rings is 1. The van der Waals surface area contributed by atoms with Gasteiger partial charge in [0.2, 0.25) is 0 Å². The fourth-order valence-corrected chi connectivity index (χ4v) is 4.74. The van der Waals surface area contributed by atoms with Crippen LogP contribution in [0.3, 0.4) is 0 Å². The van der Waals surface area contributed by atoms with E-state index in [0.29, 0.717) is 5.92 Å². The van der Waals surface area contributed by atoms with E-state index < -0.39 is 0 Å². The molecule has 1 saturated heterocycles. The van der Waals surface area contributed by atoms with Crippen LogP contribution in [0.2, 0.25) is 0 Å². The first-order chi connectivity index (χ1) is 13.2. The Morgan fingerprint density at radius 1 is 1.30 bits per heavy atom. The van der Waals surface area contributed by atoms with Gasteiger partial charge < -0.3 is 10.6 Å². The molecule has 1 aliphatic rings. The molecule has 0 aromatic carbocycles. The minimum Gasteiger partial charge on any atom is -0.357 e. The van der Waals surface area contributed by atoms with Gasteiger partial charge in [0.1, 0.15) is 0 Å². The molecule has 0 aliphatic carbocycles. The summed E-state index contributed by atoms with van der Waals surface area (Å²) in [5.74, 6) is 1.63. The monoisotopic (exact) mass is 405 g/mol. The highest BCUT2D eigenvalue weighted by Crippen LogP contribution is 2.20. The van der Waals surface area contributed by atoms with Crippen LogP contribution in [-0.2, 0) is 13.0 Å². The highest BCUT2D eigenvalue weighted by atomic mass is 32.1. The number of piperidine rings is 1. The molecule has 2 aromatic rings. The number of hydrogen-bond acceptors (Lipinski definition) is 5. The fraction of sp³-hybridized carbons (Fsp3) is 0.600. The molecule has 0 saturated carbocycles. The summed E-state index contributed by atoms with van der Waals surface area (Å²) in [5, 5.41) is 12.3. The van der Waals surface area contributed by atoms with E-state index in [0.717, 1.165) is 43.6 Å². The molecule has 0 amide bonds. The van der Waals surface area contributed by atoms with Gasteiger partial charge in [-0.15, -0.1) is 22.7 Å². The Labute approximate surface area is 170 Å². The molecule has 0 bridgehead atoms. The summed E-state index contributed by atoms with van der Waals surface area (Å²) in [6.07, 6.45) is 3.43. The summed E-state index contributed by atoms with van der Waals surface area (Å²) in [6, 6.07) is 4.38. The first-order valence-electron chi connectivity index (χ1n) is 9.91. The lowest BCUT2D eigenvalue weighted by Gasteiger charge is -2.31. The molecule has 3 rings (SSSR count). The summed E-state index contributed by atoms with van der Waals surface area (Å²) in [7, 11) is 0. The largest absolute Gasteiger partial charge is 0.357 e. The number of guanidine groups is 1. The molecule has 0 unspecified atom stereocenters. The van der Waals surface area contributed by atoms with Crippen LogP contribution >= 0.6 is 22.7 Å². The number of thiazole rings is 1. The van der Waals surface area contributed by atoms with Crippen LogP contribution in [0.1, 0.15) is 35.3 Å². The van der Waals surface area contributed by atoms with E-state index in [1.54, 1.807) is 11.3 Å². The molecular weight excluding hydrogens is 374 g/mol. The number of aryl methyl sites for hydroxylation is 1. The second kappa shape index (κ2) is 10.8. The van der Waals surface area contributed by atoms with Crippen molar-refractivity contribution in [2.45, 2.75) is 39.7 Å². The maximum atomic E-state index is 4.83. The van der Waals surface area contributed by atoms with Gasteiger partial charge in [-0.25, -0.2) is 4.98 Å². The Morgan fingerprint density at radius 3 is 2.81 bits per heavy atom. The second-order valence-corrected chi connectivity index (χ2v) is 9.15. The average molecular weight is 406 g/mol. The number of nitrogens with one attached hydrogen (secondary N) is 2. The van der Waals surface area contributed by atoms with Gasteiger partial charge >= 0.3 is 0 Å². The van der Waals surface area contributed by atoms with Crippen molar-refractivity contribution in [1.29, 1.82) is 0 Å². The lowest BCUT2D eigenvalue weighted by molar-refractivity contribution is 0.182. The van der Waals surface area contributed by atoms with E-state index >= 15 is 0 Å². The molecule has 5 nitrogen and oxygen atoms in total. The summed E-state index contributed by atoms with van der Waals surface area (Å²) in [6.45, 7) is 10.3. The predicted molar refractivity (Wildman–Crippen MR) is 117 cm³/mol. The van der Waals surface area contributed by atoms with Crippen molar-refractivity contribution in [3.05, 3.63) is 38.5 Å². The normalized spacial score (nSPS) is 16.6. The van der Waals surface area contributed by atoms with Gasteiger partial charge in [0, 0.05) is 42.9 Å². The molecule has 2 N–H and O–H groups in total. The number of hydrogen-bond donors (Lipinski definition) is 2. The Kier molecular flexibility index (Phi) is 8.10. The number of aromatic nitrogens is 1. The Bertz CT molecular complexity index is 687. The molecule has 0 spiro atoms. The van der Waals surface area contributed by atoms with E-state index in [9.17, 15) is 0 Å². The molecule has 7 heteroatoms. The van der Waals surface area contributed by atoms with Gasteiger partial charge in [0.15, 0.2) is 5.96 Å². The third-order valence-electron chi connectivity index (χ3n) is 4.86. The summed E-state index contributed by atoms with van der Waals surface area (Å²) in [4.78, 5) is 13.4. The van der Waals surface area contributed by atoms with Crippen molar-refractivity contribution in [1.82, 2.24) is 20.5 Å². The minimum absolute atomic E-state index is 0.696. The van der Waals surface area contributed by atoms with Crippen LogP contribution in [0, 0.1) is 12.8 Å². The summed E-state index contributed by atoms with van der Waals surface area (Å²) < 4.78 is 0. The van der Waals surface area contributed by atoms with Gasteiger partial charge in [0.25, 0.3) is 0 Å². The molecule has 148 valence electrons. The maximum Gasteiger partial charge on any atom is 0.191 e. The van der Waals surface area contributed by atoms with Gasteiger partial charge in [-0.2, -0.15) is 0 Å². The molecule has 1 aliphatic heterocycles. The molecule has 2 aromatic heterocycles. The SMILES string of the molecule is CCNC(=NCC1CCN(Cc2cccs2)CC1)NCCc1csc(C)n1. The standard InChI is InChI=1S/C20H31N5S2/c1-3-21-20(22-9-6-18-15-27-16(2)24-18)23-13-17-7-10-25(11-8-17)14-19-5-4-12-26-19/h4-5,12,15,17H,3,6-11,13-14H2,1-2H3,(H2,21,22,23). The minimum atomic E-state index is 0.696. The quantitative estimate of drug-likeness (QED) is 0.521. The Hall–Kier alpha value is -1.44. The van der Waals surface area contributed by atoms with Gasteiger partial charge in [0.05, 0.1) is 10.7 Å². The van der Waals surface area contributed by atoms with Crippen molar-refractivity contribution in [2.24, 2.45) is 10.9 Å². The first-order valence-corrected chi connectivity index (χ1v) is 11.7. The molecule has 1 fully saturated rings. The van der Waals surface area contributed by atoms with Gasteiger partial charge in [-0.05, 0) is 57.1 Å². The zero-order chi connectivity index (χ0) is 18.9.